The van der Waals surface area contributed by atoms with Gasteiger partial charge in [0.25, 0.3) is 0 Å². The number of benzene rings is 1. The van der Waals surface area contributed by atoms with Gasteiger partial charge >= 0.3 is 0 Å². The molecule has 0 amide bonds. The van der Waals surface area contributed by atoms with E-state index in [4.69, 9.17) is 14.2 Å². The van der Waals surface area contributed by atoms with Gasteiger partial charge in [-0.1, -0.05) is 27.7 Å². The summed E-state index contributed by atoms with van der Waals surface area (Å²) in [6.07, 6.45) is 0. The summed E-state index contributed by atoms with van der Waals surface area (Å²) in [7, 11) is 1.64. The normalized spacial score (nSPS) is 10.8. The fourth-order valence-corrected chi connectivity index (χ4v) is 1.38. The first-order chi connectivity index (χ1) is 8.52. The van der Waals surface area contributed by atoms with Crippen molar-refractivity contribution in [1.82, 2.24) is 0 Å². The minimum Gasteiger partial charge on any atom is -0.493 e. The first kappa shape index (κ1) is 14.7. The topological polar surface area (TPSA) is 27.7 Å². The Labute approximate surface area is 110 Å². The van der Waals surface area contributed by atoms with Crippen molar-refractivity contribution < 1.29 is 14.2 Å². The van der Waals surface area contributed by atoms with E-state index < -0.39 is 0 Å². The molecule has 102 valence electrons. The SMILES string of the molecule is COc1cc(OCC(C)C)ccc1OCC(C)C. The highest BCUT2D eigenvalue weighted by molar-refractivity contribution is 5.45. The molecule has 0 aliphatic rings. The number of hydrogen-bond donors (Lipinski definition) is 0. The van der Waals surface area contributed by atoms with E-state index in [1.165, 1.54) is 0 Å². The Hall–Kier alpha value is -1.38. The average molecular weight is 252 g/mol. The molecule has 0 saturated carbocycles. The molecule has 18 heavy (non-hydrogen) atoms. The lowest BCUT2D eigenvalue weighted by atomic mass is 10.2. The lowest BCUT2D eigenvalue weighted by Crippen LogP contribution is -2.07. The minimum absolute atomic E-state index is 0.492. The Morgan fingerprint density at radius 3 is 2.06 bits per heavy atom. The van der Waals surface area contributed by atoms with Gasteiger partial charge in [-0.2, -0.15) is 0 Å². The molecule has 0 radical (unpaired) electrons. The van der Waals surface area contributed by atoms with Crippen LogP contribution in [-0.2, 0) is 0 Å². The second-order valence-electron chi connectivity index (χ2n) is 5.22. The summed E-state index contributed by atoms with van der Waals surface area (Å²) in [6, 6.07) is 5.69. The van der Waals surface area contributed by atoms with Crippen LogP contribution >= 0.6 is 0 Å². The van der Waals surface area contributed by atoms with E-state index in [9.17, 15) is 0 Å². The van der Waals surface area contributed by atoms with E-state index in [-0.39, 0.29) is 0 Å². The summed E-state index contributed by atoms with van der Waals surface area (Å²) in [6.45, 7) is 9.87. The molecule has 0 heterocycles. The molecule has 0 spiro atoms. The van der Waals surface area contributed by atoms with Crippen molar-refractivity contribution in [3.63, 3.8) is 0 Å². The molecule has 0 fully saturated rings. The summed E-state index contributed by atoms with van der Waals surface area (Å²) >= 11 is 0. The minimum atomic E-state index is 0.492. The molecule has 0 aromatic heterocycles. The van der Waals surface area contributed by atoms with Crippen LogP contribution in [0.5, 0.6) is 17.2 Å². The van der Waals surface area contributed by atoms with Crippen LogP contribution in [0.25, 0.3) is 0 Å². The van der Waals surface area contributed by atoms with Crippen molar-refractivity contribution in [3.05, 3.63) is 18.2 Å². The van der Waals surface area contributed by atoms with Crippen LogP contribution < -0.4 is 14.2 Å². The summed E-state index contributed by atoms with van der Waals surface area (Å²) in [5.41, 5.74) is 0. The van der Waals surface area contributed by atoms with Gasteiger partial charge in [0.05, 0.1) is 20.3 Å². The summed E-state index contributed by atoms with van der Waals surface area (Å²) in [4.78, 5) is 0. The lowest BCUT2D eigenvalue weighted by Gasteiger charge is -2.14. The molecule has 1 aromatic rings. The first-order valence-corrected chi connectivity index (χ1v) is 6.46. The molecule has 0 N–H and O–H groups in total. The lowest BCUT2D eigenvalue weighted by molar-refractivity contribution is 0.251. The molecule has 1 rings (SSSR count). The average Bonchev–Trinajstić information content (AvgIpc) is 2.34. The molecule has 3 heteroatoms. The zero-order valence-electron chi connectivity index (χ0n) is 12.0. The van der Waals surface area contributed by atoms with E-state index >= 15 is 0 Å². The molecule has 1 aromatic carbocycles. The molecule has 0 aliphatic heterocycles. The summed E-state index contributed by atoms with van der Waals surface area (Å²) in [5, 5.41) is 0. The largest absolute Gasteiger partial charge is 0.493 e. The molecule has 0 aliphatic carbocycles. The third kappa shape index (κ3) is 4.86. The third-order valence-electron chi connectivity index (χ3n) is 2.29. The number of methoxy groups -OCH3 is 1. The van der Waals surface area contributed by atoms with E-state index in [2.05, 4.69) is 27.7 Å². The predicted molar refractivity (Wildman–Crippen MR) is 73.7 cm³/mol. The van der Waals surface area contributed by atoms with Crippen LogP contribution in [0.3, 0.4) is 0 Å². The summed E-state index contributed by atoms with van der Waals surface area (Å²) < 4.78 is 16.7. The standard InChI is InChI=1S/C15H24O3/c1-11(2)9-17-13-6-7-14(15(8-13)16-5)18-10-12(3)4/h6-8,11-12H,9-10H2,1-5H3. The van der Waals surface area contributed by atoms with Gasteiger partial charge in [0.15, 0.2) is 11.5 Å². The maximum atomic E-state index is 5.69. The van der Waals surface area contributed by atoms with E-state index in [0.29, 0.717) is 25.0 Å². The molecule has 0 saturated heterocycles. The molecule has 0 unspecified atom stereocenters. The monoisotopic (exact) mass is 252 g/mol. The second kappa shape index (κ2) is 7.14. The zero-order valence-corrected chi connectivity index (χ0v) is 12.0. The highest BCUT2D eigenvalue weighted by Crippen LogP contribution is 2.31. The molecular weight excluding hydrogens is 228 g/mol. The van der Waals surface area contributed by atoms with Gasteiger partial charge in [0.1, 0.15) is 5.75 Å². The Morgan fingerprint density at radius 2 is 1.50 bits per heavy atom. The Bertz CT molecular complexity index is 359. The first-order valence-electron chi connectivity index (χ1n) is 6.46. The van der Waals surface area contributed by atoms with Gasteiger partial charge < -0.3 is 14.2 Å². The molecular formula is C15H24O3. The Balaban J connectivity index is 2.70. The van der Waals surface area contributed by atoms with Crippen molar-refractivity contribution >= 4 is 0 Å². The Morgan fingerprint density at radius 1 is 0.889 bits per heavy atom. The van der Waals surface area contributed by atoms with Crippen molar-refractivity contribution in [1.29, 1.82) is 0 Å². The van der Waals surface area contributed by atoms with E-state index in [1.807, 2.05) is 18.2 Å². The van der Waals surface area contributed by atoms with Crippen molar-refractivity contribution in [2.45, 2.75) is 27.7 Å². The fourth-order valence-electron chi connectivity index (χ4n) is 1.38. The highest BCUT2D eigenvalue weighted by atomic mass is 16.5. The van der Waals surface area contributed by atoms with Gasteiger partial charge in [-0.25, -0.2) is 0 Å². The maximum Gasteiger partial charge on any atom is 0.164 e. The van der Waals surface area contributed by atoms with Gasteiger partial charge in [0, 0.05) is 6.07 Å². The predicted octanol–water partition coefficient (Wildman–Crippen LogP) is 3.76. The van der Waals surface area contributed by atoms with Crippen LogP contribution in [-0.4, -0.2) is 20.3 Å². The zero-order chi connectivity index (χ0) is 13.5. The van der Waals surface area contributed by atoms with Crippen LogP contribution in [0.15, 0.2) is 18.2 Å². The smallest absolute Gasteiger partial charge is 0.164 e. The Kier molecular flexibility index (Phi) is 5.83. The van der Waals surface area contributed by atoms with Gasteiger partial charge in [-0.3, -0.25) is 0 Å². The molecule has 3 nitrogen and oxygen atoms in total. The van der Waals surface area contributed by atoms with Crippen LogP contribution in [0.4, 0.5) is 0 Å². The number of hydrogen-bond acceptors (Lipinski definition) is 3. The fraction of sp³-hybridized carbons (Fsp3) is 0.600. The third-order valence-corrected chi connectivity index (χ3v) is 2.29. The van der Waals surface area contributed by atoms with Crippen molar-refractivity contribution in [3.8, 4) is 17.2 Å². The van der Waals surface area contributed by atoms with Crippen LogP contribution in [0, 0.1) is 11.8 Å². The second-order valence-corrected chi connectivity index (χ2v) is 5.22. The number of rotatable bonds is 7. The van der Waals surface area contributed by atoms with Gasteiger partial charge in [0.2, 0.25) is 0 Å². The van der Waals surface area contributed by atoms with Crippen molar-refractivity contribution in [2.24, 2.45) is 11.8 Å². The van der Waals surface area contributed by atoms with Crippen LogP contribution in [0.1, 0.15) is 27.7 Å². The quantitative estimate of drug-likeness (QED) is 0.739. The van der Waals surface area contributed by atoms with E-state index in [0.717, 1.165) is 17.2 Å². The molecule has 0 atom stereocenters. The number of ether oxygens (including phenoxy) is 3. The maximum absolute atomic E-state index is 5.69. The van der Waals surface area contributed by atoms with Gasteiger partial charge in [-0.15, -0.1) is 0 Å². The molecule has 0 bridgehead atoms. The summed E-state index contributed by atoms with van der Waals surface area (Å²) in [5.74, 6) is 3.30. The van der Waals surface area contributed by atoms with Gasteiger partial charge in [-0.05, 0) is 24.0 Å². The van der Waals surface area contributed by atoms with Crippen molar-refractivity contribution in [2.75, 3.05) is 20.3 Å². The highest BCUT2D eigenvalue weighted by Gasteiger charge is 2.07. The van der Waals surface area contributed by atoms with Crippen LogP contribution in [0.2, 0.25) is 0 Å². The van der Waals surface area contributed by atoms with E-state index in [1.54, 1.807) is 7.11 Å².